The van der Waals surface area contributed by atoms with Crippen LogP contribution in [0.4, 0.5) is 5.69 Å². The maximum absolute atomic E-state index is 13.4. The molecule has 5 amide bonds. The Bertz CT molecular complexity index is 2380. The Balaban J connectivity index is 0.847. The Kier molecular flexibility index (Phi) is 12.6. The van der Waals surface area contributed by atoms with E-state index < -0.39 is 0 Å². The van der Waals surface area contributed by atoms with Crippen LogP contribution in [0, 0.1) is 11.8 Å². The summed E-state index contributed by atoms with van der Waals surface area (Å²) in [5, 5.41) is 11.0. The number of piperazine rings is 1. The predicted octanol–water partition coefficient (Wildman–Crippen LogP) is 3.90. The van der Waals surface area contributed by atoms with Gasteiger partial charge in [-0.3, -0.25) is 38.9 Å². The maximum atomic E-state index is 13.4. The number of rotatable bonds is 10. The molecule has 4 aliphatic rings. The van der Waals surface area contributed by atoms with E-state index in [1.165, 1.54) is 4.90 Å². The zero-order valence-corrected chi connectivity index (χ0v) is 35.0. The van der Waals surface area contributed by atoms with E-state index in [4.69, 9.17) is 4.42 Å². The van der Waals surface area contributed by atoms with E-state index in [1.807, 2.05) is 34.1 Å². The molecule has 1 N–H and O–H groups in total. The van der Waals surface area contributed by atoms with Gasteiger partial charge in [0.05, 0.1) is 24.2 Å². The zero-order chi connectivity index (χ0) is 42.5. The van der Waals surface area contributed by atoms with Crippen molar-refractivity contribution in [3.63, 3.8) is 0 Å². The first kappa shape index (κ1) is 41.5. The highest BCUT2D eigenvalue weighted by molar-refractivity contribution is 6.01. The Hall–Kier alpha value is -6.27. The average molecular weight is 828 g/mol. The Morgan fingerprint density at radius 3 is 2.48 bits per heavy atom. The molecule has 61 heavy (non-hydrogen) atoms. The smallest absolute Gasteiger partial charge is 0.289 e. The fourth-order valence-corrected chi connectivity index (χ4v) is 8.90. The number of nitrogens with one attached hydrogen (secondary N) is 1. The van der Waals surface area contributed by atoms with Crippen LogP contribution in [0.2, 0.25) is 0 Å². The molecule has 8 rings (SSSR count). The number of nitrogens with zero attached hydrogens (tertiary/aromatic N) is 8. The van der Waals surface area contributed by atoms with Gasteiger partial charge in [0.1, 0.15) is 0 Å². The lowest BCUT2D eigenvalue weighted by atomic mass is 9.90. The van der Waals surface area contributed by atoms with E-state index in [0.717, 1.165) is 86.3 Å². The summed E-state index contributed by atoms with van der Waals surface area (Å²) in [6.07, 6.45) is 10.0. The van der Waals surface area contributed by atoms with Crippen molar-refractivity contribution in [2.45, 2.75) is 69.9 Å². The highest BCUT2D eigenvalue weighted by atomic mass is 16.3. The van der Waals surface area contributed by atoms with Gasteiger partial charge in [0, 0.05) is 115 Å². The van der Waals surface area contributed by atoms with Gasteiger partial charge in [-0.2, -0.15) is 0 Å². The van der Waals surface area contributed by atoms with Crippen LogP contribution in [0.5, 0.6) is 0 Å². The van der Waals surface area contributed by atoms with Gasteiger partial charge in [-0.25, -0.2) is 0 Å². The van der Waals surface area contributed by atoms with Gasteiger partial charge >= 0.3 is 0 Å². The second-order valence-corrected chi connectivity index (χ2v) is 16.5. The molecule has 2 aromatic heterocycles. The Morgan fingerprint density at radius 2 is 1.72 bits per heavy atom. The van der Waals surface area contributed by atoms with Gasteiger partial charge in [-0.05, 0) is 72.7 Å². The highest BCUT2D eigenvalue weighted by Crippen LogP contribution is 2.32. The molecular formula is C46H53N9O6. The SMILES string of the molecule is CN(C)C(=O)c1cc2cc(C3=CCCN(C(=O)CCn4ccnn4)C3)cc(C#CCCC(=O)N3CCC(N4CCN(c5cccc(C6CCC(=O)NC6=O)c5)CC4)CC3)c2o1. The van der Waals surface area contributed by atoms with Crippen LogP contribution in [-0.2, 0) is 25.7 Å². The number of aromatic nitrogens is 3. The normalized spacial score (nSPS) is 19.0. The number of carbonyl (C=O) groups is 5. The van der Waals surface area contributed by atoms with E-state index >= 15 is 0 Å². The molecule has 318 valence electrons. The Labute approximate surface area is 355 Å². The van der Waals surface area contributed by atoms with Crippen molar-refractivity contribution in [3.05, 3.63) is 83.4 Å². The molecule has 1 atom stereocenters. The number of fused-ring (bicyclic) bond motifs is 1. The number of amides is 5. The standard InChI is InChI=1S/C46H53N9O6/c1-50(2)46(60)40-30-36-28-35(34-9-6-18-54(31-34)43(58)16-21-55-22-17-47-49-55)27-33(44(36)61-40)7-3-4-11-42(57)53-19-14-37(15-20-53)51-23-25-52(26-24-51)38-10-5-8-32(29-38)39-12-13-41(56)48-45(39)59/h5,8-10,17,22,27-30,37,39H,4,6,11-16,18-21,23-26,31H2,1-2H3,(H,48,56,59). The molecule has 0 bridgehead atoms. The molecule has 0 aliphatic carbocycles. The van der Waals surface area contributed by atoms with Crippen molar-refractivity contribution in [2.75, 3.05) is 71.4 Å². The minimum absolute atomic E-state index is 0.0459. The van der Waals surface area contributed by atoms with Crippen molar-refractivity contribution in [3.8, 4) is 11.8 Å². The minimum Gasteiger partial charge on any atom is -0.450 e. The molecule has 15 nitrogen and oxygen atoms in total. The van der Waals surface area contributed by atoms with Crippen LogP contribution in [0.15, 0.2) is 65.4 Å². The molecule has 0 saturated carbocycles. The number of hydrogen-bond donors (Lipinski definition) is 1. The second kappa shape index (κ2) is 18.6. The first-order chi connectivity index (χ1) is 29.6. The molecule has 6 heterocycles. The number of imide groups is 1. The highest BCUT2D eigenvalue weighted by Gasteiger charge is 2.31. The fraction of sp³-hybridized carbons (Fsp3) is 0.457. The van der Waals surface area contributed by atoms with Gasteiger partial charge in [-0.15, -0.1) is 5.10 Å². The maximum Gasteiger partial charge on any atom is 0.289 e. The third kappa shape index (κ3) is 9.70. The summed E-state index contributed by atoms with van der Waals surface area (Å²) in [6, 6.07) is 14.3. The van der Waals surface area contributed by atoms with Crippen molar-refractivity contribution in [1.29, 1.82) is 0 Å². The van der Waals surface area contributed by atoms with Crippen molar-refractivity contribution < 1.29 is 28.4 Å². The van der Waals surface area contributed by atoms with E-state index in [-0.39, 0.29) is 41.2 Å². The summed E-state index contributed by atoms with van der Waals surface area (Å²) in [7, 11) is 3.36. The van der Waals surface area contributed by atoms with Crippen LogP contribution < -0.4 is 10.2 Å². The number of aryl methyl sites for hydroxylation is 1. The number of anilines is 1. The largest absolute Gasteiger partial charge is 0.450 e. The molecule has 1 unspecified atom stereocenters. The molecule has 0 radical (unpaired) electrons. The molecule has 4 aromatic rings. The van der Waals surface area contributed by atoms with E-state index in [0.29, 0.717) is 68.9 Å². The molecule has 2 aromatic carbocycles. The first-order valence-corrected chi connectivity index (χ1v) is 21.4. The molecular weight excluding hydrogens is 775 g/mol. The Morgan fingerprint density at radius 1 is 0.918 bits per heavy atom. The first-order valence-electron chi connectivity index (χ1n) is 21.4. The second-order valence-electron chi connectivity index (χ2n) is 16.5. The van der Waals surface area contributed by atoms with Gasteiger partial charge < -0.3 is 24.0 Å². The lowest BCUT2D eigenvalue weighted by Gasteiger charge is -2.43. The summed E-state index contributed by atoms with van der Waals surface area (Å²) < 4.78 is 7.74. The summed E-state index contributed by atoms with van der Waals surface area (Å²) >= 11 is 0. The molecule has 15 heteroatoms. The monoisotopic (exact) mass is 827 g/mol. The van der Waals surface area contributed by atoms with Crippen molar-refractivity contribution in [2.24, 2.45) is 0 Å². The van der Waals surface area contributed by atoms with E-state index in [2.05, 4.69) is 55.5 Å². The van der Waals surface area contributed by atoms with Gasteiger partial charge in [-0.1, -0.05) is 35.3 Å². The fourth-order valence-electron chi connectivity index (χ4n) is 8.90. The van der Waals surface area contributed by atoms with Crippen LogP contribution >= 0.6 is 0 Å². The molecule has 3 saturated heterocycles. The van der Waals surface area contributed by atoms with Crippen LogP contribution in [0.1, 0.15) is 84.5 Å². The number of hydrogen-bond acceptors (Lipinski definition) is 10. The van der Waals surface area contributed by atoms with Gasteiger partial charge in [0.15, 0.2) is 11.3 Å². The van der Waals surface area contributed by atoms with Crippen molar-refractivity contribution >= 4 is 51.8 Å². The van der Waals surface area contributed by atoms with E-state index in [1.54, 1.807) is 37.2 Å². The van der Waals surface area contributed by atoms with Crippen LogP contribution in [-0.4, -0.2) is 137 Å². The van der Waals surface area contributed by atoms with Crippen LogP contribution in [0.3, 0.4) is 0 Å². The number of likely N-dealkylation sites (tertiary alicyclic amines) is 1. The van der Waals surface area contributed by atoms with Gasteiger partial charge in [0.2, 0.25) is 23.6 Å². The van der Waals surface area contributed by atoms with Crippen LogP contribution in [0.25, 0.3) is 16.5 Å². The minimum atomic E-state index is -0.293. The molecule has 3 fully saturated rings. The van der Waals surface area contributed by atoms with E-state index in [9.17, 15) is 24.0 Å². The summed E-state index contributed by atoms with van der Waals surface area (Å²) in [5.74, 6) is 5.90. The number of carbonyl (C=O) groups excluding carboxylic acids is 5. The molecule has 4 aliphatic heterocycles. The van der Waals surface area contributed by atoms with Crippen molar-refractivity contribution in [1.82, 2.24) is 39.9 Å². The number of furan rings is 1. The zero-order valence-electron chi connectivity index (χ0n) is 35.0. The third-order valence-electron chi connectivity index (χ3n) is 12.3. The molecule has 0 spiro atoms. The number of piperidine rings is 2. The predicted molar refractivity (Wildman–Crippen MR) is 229 cm³/mol. The lowest BCUT2D eigenvalue weighted by Crippen LogP contribution is -2.53. The topological polar surface area (TPSA) is 157 Å². The summed E-state index contributed by atoms with van der Waals surface area (Å²) in [6.45, 7) is 6.64. The van der Waals surface area contributed by atoms with Gasteiger partial charge in [0.25, 0.3) is 5.91 Å². The average Bonchev–Trinajstić information content (AvgIpc) is 3.98. The quantitative estimate of drug-likeness (QED) is 0.184. The number of benzene rings is 2. The summed E-state index contributed by atoms with van der Waals surface area (Å²) in [4.78, 5) is 73.7. The summed E-state index contributed by atoms with van der Waals surface area (Å²) in [5.41, 5.74) is 5.13. The lowest BCUT2D eigenvalue weighted by molar-refractivity contribution is -0.135. The third-order valence-corrected chi connectivity index (χ3v) is 12.3.